The number of pyridine rings is 1. The topological polar surface area (TPSA) is 75.7 Å². The van der Waals surface area contributed by atoms with E-state index in [9.17, 15) is 4.79 Å². The van der Waals surface area contributed by atoms with Crippen LogP contribution in [0.25, 0.3) is 11.3 Å². The highest BCUT2D eigenvalue weighted by Crippen LogP contribution is 2.39. The van der Waals surface area contributed by atoms with Crippen LogP contribution in [0, 0.1) is 0 Å². The van der Waals surface area contributed by atoms with Gasteiger partial charge in [-0.25, -0.2) is 0 Å². The Balaban J connectivity index is 1.52. The lowest BCUT2D eigenvalue weighted by atomic mass is 9.78. The normalized spacial score (nSPS) is 19.1. The quantitative estimate of drug-likeness (QED) is 0.390. The molecule has 3 heterocycles. The van der Waals surface area contributed by atoms with Crippen LogP contribution in [0.4, 0.5) is 11.4 Å². The molecule has 2 N–H and O–H groups in total. The van der Waals surface area contributed by atoms with Gasteiger partial charge < -0.3 is 24.8 Å². The lowest BCUT2D eigenvalue weighted by molar-refractivity contribution is -0.110. The third kappa shape index (κ3) is 4.92. The minimum atomic E-state index is -0.505. The van der Waals surface area contributed by atoms with E-state index >= 15 is 0 Å². The molecule has 2 aromatic carbocycles. The van der Waals surface area contributed by atoms with Gasteiger partial charge in [-0.2, -0.15) is 0 Å². The van der Waals surface area contributed by atoms with Crippen LogP contribution >= 0.6 is 0 Å². The molecule has 2 aliphatic heterocycles. The molecular weight excluding hydrogens is 463 g/mol. The summed E-state index contributed by atoms with van der Waals surface area (Å²) >= 11 is 0. The van der Waals surface area contributed by atoms with Gasteiger partial charge in [0.1, 0.15) is 0 Å². The molecule has 0 spiro atoms. The highest BCUT2D eigenvalue weighted by molar-refractivity contribution is 6.62. The molecule has 0 aliphatic carbocycles. The summed E-state index contributed by atoms with van der Waals surface area (Å²) in [5.41, 5.74) is 5.49. The lowest BCUT2D eigenvalue weighted by Gasteiger charge is -2.32. The highest BCUT2D eigenvalue weighted by Gasteiger charge is 2.52. The number of benzene rings is 2. The molecule has 7 nitrogen and oxygen atoms in total. The van der Waals surface area contributed by atoms with E-state index < -0.39 is 18.3 Å². The predicted molar refractivity (Wildman–Crippen MR) is 149 cm³/mol. The van der Waals surface area contributed by atoms with Crippen LogP contribution in [0.5, 0.6) is 0 Å². The molecule has 2 aliphatic rings. The second-order valence-electron chi connectivity index (χ2n) is 10.9. The van der Waals surface area contributed by atoms with E-state index in [1.54, 1.807) is 6.20 Å². The van der Waals surface area contributed by atoms with E-state index in [4.69, 9.17) is 9.31 Å². The van der Waals surface area contributed by atoms with Gasteiger partial charge in [0.2, 0.25) is 0 Å². The molecule has 8 heteroatoms. The summed E-state index contributed by atoms with van der Waals surface area (Å²) in [6.07, 6.45) is 1.73. The largest absolute Gasteiger partial charge is 0.494 e. The van der Waals surface area contributed by atoms with Gasteiger partial charge in [0.15, 0.2) is 0 Å². The van der Waals surface area contributed by atoms with Crippen LogP contribution in [0.1, 0.15) is 44.5 Å². The van der Waals surface area contributed by atoms with Crippen LogP contribution < -0.4 is 16.1 Å². The molecule has 1 aromatic heterocycles. The number of nitrogens with one attached hydrogen (secondary N) is 2. The van der Waals surface area contributed by atoms with Gasteiger partial charge in [-0.3, -0.25) is 9.78 Å². The third-order valence-electron chi connectivity index (χ3n) is 7.21. The highest BCUT2D eigenvalue weighted by atomic mass is 16.7. The minimum Gasteiger partial charge on any atom is -0.399 e. The van der Waals surface area contributed by atoms with Crippen molar-refractivity contribution in [3.8, 4) is 0 Å². The SMILES string of the molecule is CN(C)Cc1ccc(N/C(=C2\C(=O)Nc3cc(B4OC(C)(C)C(C)(C)O4)ccc32)c2ccccn2)cc1. The number of amides is 1. The summed E-state index contributed by atoms with van der Waals surface area (Å²) in [6, 6.07) is 19.8. The van der Waals surface area contributed by atoms with Gasteiger partial charge in [-0.05, 0) is 83.1 Å². The number of carbonyl (C=O) groups is 1. The van der Waals surface area contributed by atoms with E-state index in [0.717, 1.165) is 28.9 Å². The molecular formula is C29H33BN4O3. The van der Waals surface area contributed by atoms with E-state index in [1.165, 1.54) is 5.56 Å². The lowest BCUT2D eigenvalue weighted by Crippen LogP contribution is -2.41. The van der Waals surface area contributed by atoms with Crippen molar-refractivity contribution >= 4 is 41.1 Å². The van der Waals surface area contributed by atoms with E-state index in [-0.39, 0.29) is 5.91 Å². The van der Waals surface area contributed by atoms with Crippen molar-refractivity contribution in [2.24, 2.45) is 0 Å². The summed E-state index contributed by atoms with van der Waals surface area (Å²) in [4.78, 5) is 20.0. The molecule has 37 heavy (non-hydrogen) atoms. The number of rotatable bonds is 6. The van der Waals surface area contributed by atoms with Crippen LogP contribution in [-0.4, -0.2) is 48.2 Å². The van der Waals surface area contributed by atoms with Gasteiger partial charge in [-0.15, -0.1) is 0 Å². The zero-order valence-corrected chi connectivity index (χ0v) is 22.3. The van der Waals surface area contributed by atoms with Crippen LogP contribution in [0.3, 0.4) is 0 Å². The maximum Gasteiger partial charge on any atom is 0.494 e. The third-order valence-corrected chi connectivity index (χ3v) is 7.21. The standard InChI is InChI=1S/C29H33BN4O3/c1-28(2)29(3,4)37-30(36-28)20-12-15-22-24(17-20)33-27(35)25(22)26(23-9-7-8-16-31-23)32-21-13-10-19(11-14-21)18-34(5)6/h7-17,32H,18H2,1-6H3,(H,33,35)/b26-25-. The molecule has 0 saturated carbocycles. The second-order valence-corrected chi connectivity index (χ2v) is 10.9. The van der Waals surface area contributed by atoms with Crippen molar-refractivity contribution in [2.45, 2.75) is 45.4 Å². The Kier molecular flexibility index (Phi) is 6.44. The van der Waals surface area contributed by atoms with E-state index in [0.29, 0.717) is 17.0 Å². The summed E-state index contributed by atoms with van der Waals surface area (Å²) in [5, 5.41) is 6.51. The summed E-state index contributed by atoms with van der Waals surface area (Å²) in [5.74, 6) is -0.182. The molecule has 1 amide bonds. The van der Waals surface area contributed by atoms with Crippen molar-refractivity contribution in [1.29, 1.82) is 0 Å². The van der Waals surface area contributed by atoms with Gasteiger partial charge >= 0.3 is 7.12 Å². The molecule has 0 bridgehead atoms. The number of anilines is 2. The van der Waals surface area contributed by atoms with Gasteiger partial charge in [0.05, 0.1) is 28.2 Å². The molecule has 0 atom stereocenters. The molecule has 190 valence electrons. The average molecular weight is 496 g/mol. The first-order valence-corrected chi connectivity index (χ1v) is 12.5. The van der Waals surface area contributed by atoms with E-state index in [2.05, 4.69) is 32.7 Å². The van der Waals surface area contributed by atoms with Crippen molar-refractivity contribution < 1.29 is 14.1 Å². The van der Waals surface area contributed by atoms with Crippen LogP contribution in [0.2, 0.25) is 0 Å². The van der Waals surface area contributed by atoms with Gasteiger partial charge in [0.25, 0.3) is 5.91 Å². The van der Waals surface area contributed by atoms with Crippen LogP contribution in [-0.2, 0) is 20.6 Å². The smallest absolute Gasteiger partial charge is 0.399 e. The Bertz CT molecular complexity index is 1340. The van der Waals surface area contributed by atoms with Crippen molar-refractivity contribution in [3.63, 3.8) is 0 Å². The Labute approximate surface area is 219 Å². The monoisotopic (exact) mass is 496 g/mol. The summed E-state index contributed by atoms with van der Waals surface area (Å²) in [7, 11) is 3.59. The van der Waals surface area contributed by atoms with Crippen molar-refractivity contribution in [1.82, 2.24) is 9.88 Å². The number of fused-ring (bicyclic) bond motifs is 1. The first-order chi connectivity index (χ1) is 17.5. The fraction of sp³-hybridized carbons (Fsp3) is 0.310. The first-order valence-electron chi connectivity index (χ1n) is 12.5. The zero-order valence-electron chi connectivity index (χ0n) is 22.3. The summed E-state index contributed by atoms with van der Waals surface area (Å²) in [6.45, 7) is 8.97. The molecule has 1 fully saturated rings. The number of nitrogens with zero attached hydrogens (tertiary/aromatic N) is 2. The van der Waals surface area contributed by atoms with E-state index in [1.807, 2.05) is 90.3 Å². The molecule has 0 unspecified atom stereocenters. The maximum atomic E-state index is 13.3. The average Bonchev–Trinajstić information content (AvgIpc) is 3.28. The Morgan fingerprint density at radius 3 is 2.32 bits per heavy atom. The minimum absolute atomic E-state index is 0.182. The summed E-state index contributed by atoms with van der Waals surface area (Å²) < 4.78 is 12.4. The number of hydrogen-bond donors (Lipinski definition) is 2. The Hall–Kier alpha value is -3.46. The molecule has 0 radical (unpaired) electrons. The predicted octanol–water partition coefficient (Wildman–Crippen LogP) is 4.37. The number of aromatic nitrogens is 1. The zero-order chi connectivity index (χ0) is 26.4. The van der Waals surface area contributed by atoms with Crippen molar-refractivity contribution in [2.75, 3.05) is 24.7 Å². The van der Waals surface area contributed by atoms with Gasteiger partial charge in [0, 0.05) is 29.7 Å². The number of carbonyl (C=O) groups excluding carboxylic acids is 1. The van der Waals surface area contributed by atoms with Crippen molar-refractivity contribution in [3.05, 3.63) is 83.7 Å². The Morgan fingerprint density at radius 2 is 1.70 bits per heavy atom. The van der Waals surface area contributed by atoms with Gasteiger partial charge in [-0.1, -0.05) is 30.3 Å². The fourth-order valence-electron chi connectivity index (χ4n) is 4.53. The fourth-order valence-corrected chi connectivity index (χ4v) is 4.53. The molecule has 3 aromatic rings. The second kappa shape index (κ2) is 9.45. The molecule has 1 saturated heterocycles. The van der Waals surface area contributed by atoms with Crippen LogP contribution in [0.15, 0.2) is 66.9 Å². The molecule has 5 rings (SSSR count). The first kappa shape index (κ1) is 25.2. The Morgan fingerprint density at radius 1 is 1.00 bits per heavy atom. The number of hydrogen-bond acceptors (Lipinski definition) is 6. The maximum absolute atomic E-state index is 13.3.